The van der Waals surface area contributed by atoms with Crippen LogP contribution in [0.25, 0.3) is 0 Å². The molecule has 0 amide bonds. The minimum absolute atomic E-state index is 0.451. The van der Waals surface area contributed by atoms with Gasteiger partial charge in [0, 0.05) is 12.8 Å². The van der Waals surface area contributed by atoms with Crippen LogP contribution in [-0.4, -0.2) is 5.78 Å². The lowest BCUT2D eigenvalue weighted by Gasteiger charge is -2.17. The minimum Gasteiger partial charge on any atom is -0.300 e. The van der Waals surface area contributed by atoms with Crippen molar-refractivity contribution in [3.63, 3.8) is 0 Å². The molecule has 0 fully saturated rings. The maximum absolute atomic E-state index is 12.4. The molecule has 1 heteroatoms. The summed E-state index contributed by atoms with van der Waals surface area (Å²) in [4.78, 5) is 12.4. The molecule has 2 unspecified atom stereocenters. The Balaban J connectivity index is 1.71. The van der Waals surface area contributed by atoms with E-state index in [2.05, 4.69) is 74.5 Å². The summed E-state index contributed by atoms with van der Waals surface area (Å²) in [6.45, 7) is 4.50. The van der Waals surface area contributed by atoms with Crippen LogP contribution in [-0.2, 0) is 4.79 Å². The summed E-state index contributed by atoms with van der Waals surface area (Å²) in [5, 5.41) is 0. The molecule has 0 bridgehead atoms. The van der Waals surface area contributed by atoms with Crippen LogP contribution in [0.2, 0.25) is 0 Å². The van der Waals surface area contributed by atoms with Crippen molar-refractivity contribution in [3.05, 3.63) is 71.8 Å². The Kier molecular flexibility index (Phi) is 10.7. The summed E-state index contributed by atoms with van der Waals surface area (Å²) in [5.74, 6) is 1.66. The van der Waals surface area contributed by atoms with E-state index in [1.54, 1.807) is 0 Å². The van der Waals surface area contributed by atoms with Crippen LogP contribution in [0.15, 0.2) is 60.7 Å². The van der Waals surface area contributed by atoms with Crippen LogP contribution in [0.4, 0.5) is 0 Å². The van der Waals surface area contributed by atoms with Crippen LogP contribution in [0.5, 0.6) is 0 Å². The average Bonchev–Trinajstić information content (AvgIpc) is 2.74. The Morgan fingerprint density at radius 3 is 1.39 bits per heavy atom. The molecule has 0 aliphatic heterocycles. The zero-order chi connectivity index (χ0) is 20.0. The van der Waals surface area contributed by atoms with Gasteiger partial charge < -0.3 is 0 Å². The molecular formula is C27H38O. The highest BCUT2D eigenvalue weighted by Gasteiger charge is 2.13. The molecule has 0 heterocycles. The molecule has 2 atom stereocenters. The molecule has 2 rings (SSSR count). The quantitative estimate of drug-likeness (QED) is 0.325. The van der Waals surface area contributed by atoms with E-state index in [1.807, 2.05) is 0 Å². The third-order valence-corrected chi connectivity index (χ3v) is 5.83. The normalized spacial score (nSPS) is 13.2. The van der Waals surface area contributed by atoms with E-state index >= 15 is 0 Å². The molecule has 28 heavy (non-hydrogen) atoms. The zero-order valence-electron chi connectivity index (χ0n) is 17.9. The summed E-state index contributed by atoms with van der Waals surface area (Å²) < 4.78 is 0. The number of carbonyl (C=O) groups excluding carboxylic acids is 1. The Labute approximate surface area is 172 Å². The van der Waals surface area contributed by atoms with Gasteiger partial charge in [-0.2, -0.15) is 0 Å². The van der Waals surface area contributed by atoms with Crippen LogP contribution in [0.1, 0.15) is 101 Å². The van der Waals surface area contributed by atoms with Gasteiger partial charge in [0.1, 0.15) is 5.78 Å². The zero-order valence-corrected chi connectivity index (χ0v) is 17.9. The Hall–Kier alpha value is -1.89. The second-order valence-corrected chi connectivity index (χ2v) is 8.12. The van der Waals surface area contributed by atoms with Gasteiger partial charge in [-0.05, 0) is 61.5 Å². The lowest BCUT2D eigenvalue weighted by Crippen LogP contribution is -2.04. The van der Waals surface area contributed by atoms with E-state index in [0.29, 0.717) is 17.6 Å². The number of hydrogen-bond acceptors (Lipinski definition) is 1. The van der Waals surface area contributed by atoms with E-state index in [0.717, 1.165) is 38.5 Å². The maximum atomic E-state index is 12.4. The van der Waals surface area contributed by atoms with E-state index in [-0.39, 0.29) is 0 Å². The SMILES string of the molecule is CCCC(CCCC(=O)CCCC(CCC)c1ccccc1)c1ccccc1. The second kappa shape index (κ2) is 13.3. The van der Waals surface area contributed by atoms with Crippen molar-refractivity contribution in [1.29, 1.82) is 0 Å². The highest BCUT2D eigenvalue weighted by Crippen LogP contribution is 2.28. The lowest BCUT2D eigenvalue weighted by atomic mass is 9.88. The van der Waals surface area contributed by atoms with Gasteiger partial charge >= 0.3 is 0 Å². The van der Waals surface area contributed by atoms with Crippen LogP contribution < -0.4 is 0 Å². The fraction of sp³-hybridized carbons (Fsp3) is 0.519. The van der Waals surface area contributed by atoms with Gasteiger partial charge in [-0.15, -0.1) is 0 Å². The summed E-state index contributed by atoms with van der Waals surface area (Å²) in [6, 6.07) is 21.6. The fourth-order valence-electron chi connectivity index (χ4n) is 4.32. The molecule has 0 saturated carbocycles. The van der Waals surface area contributed by atoms with Crippen molar-refractivity contribution in [1.82, 2.24) is 0 Å². The highest BCUT2D eigenvalue weighted by molar-refractivity contribution is 5.78. The van der Waals surface area contributed by atoms with E-state index in [9.17, 15) is 4.79 Å². The van der Waals surface area contributed by atoms with Gasteiger partial charge in [0.2, 0.25) is 0 Å². The van der Waals surface area contributed by atoms with Gasteiger partial charge in [-0.1, -0.05) is 87.4 Å². The number of benzene rings is 2. The Morgan fingerprint density at radius 1 is 0.643 bits per heavy atom. The van der Waals surface area contributed by atoms with E-state index < -0.39 is 0 Å². The molecule has 2 aromatic carbocycles. The predicted octanol–water partition coefficient (Wildman–Crippen LogP) is 8.06. The average molecular weight is 379 g/mol. The third kappa shape index (κ3) is 8.00. The van der Waals surface area contributed by atoms with E-state index in [4.69, 9.17) is 0 Å². The first-order valence-electron chi connectivity index (χ1n) is 11.4. The number of ketones is 1. The highest BCUT2D eigenvalue weighted by atomic mass is 16.1. The predicted molar refractivity (Wildman–Crippen MR) is 121 cm³/mol. The number of carbonyl (C=O) groups is 1. The molecular weight excluding hydrogens is 340 g/mol. The summed E-state index contributed by atoms with van der Waals surface area (Å²) >= 11 is 0. The summed E-state index contributed by atoms with van der Waals surface area (Å²) in [7, 11) is 0. The van der Waals surface area contributed by atoms with Gasteiger partial charge in [-0.25, -0.2) is 0 Å². The first kappa shape index (κ1) is 22.4. The molecule has 0 aromatic heterocycles. The lowest BCUT2D eigenvalue weighted by molar-refractivity contribution is -0.119. The molecule has 1 nitrogen and oxygen atoms in total. The third-order valence-electron chi connectivity index (χ3n) is 5.83. The molecule has 2 aromatic rings. The first-order valence-corrected chi connectivity index (χ1v) is 11.4. The van der Waals surface area contributed by atoms with Crippen molar-refractivity contribution >= 4 is 5.78 Å². The van der Waals surface area contributed by atoms with Crippen molar-refractivity contribution in [2.24, 2.45) is 0 Å². The monoisotopic (exact) mass is 378 g/mol. The topological polar surface area (TPSA) is 17.1 Å². The smallest absolute Gasteiger partial charge is 0.132 e. The van der Waals surface area contributed by atoms with Crippen LogP contribution in [0, 0.1) is 0 Å². The molecule has 0 aliphatic carbocycles. The van der Waals surface area contributed by atoms with Gasteiger partial charge in [-0.3, -0.25) is 4.79 Å². The largest absolute Gasteiger partial charge is 0.300 e. The van der Waals surface area contributed by atoms with Crippen molar-refractivity contribution in [2.45, 2.75) is 89.9 Å². The van der Waals surface area contributed by atoms with Gasteiger partial charge in [0.05, 0.1) is 0 Å². The molecule has 0 N–H and O–H groups in total. The van der Waals surface area contributed by atoms with E-state index in [1.165, 1.54) is 36.8 Å². The van der Waals surface area contributed by atoms with Crippen molar-refractivity contribution in [2.75, 3.05) is 0 Å². The molecule has 152 valence electrons. The molecule has 0 spiro atoms. The van der Waals surface area contributed by atoms with Crippen molar-refractivity contribution < 1.29 is 4.79 Å². The number of Topliss-reactive ketones (excluding diaryl/α,β-unsaturated/α-hetero) is 1. The second-order valence-electron chi connectivity index (χ2n) is 8.12. The van der Waals surface area contributed by atoms with Gasteiger partial charge in [0.15, 0.2) is 0 Å². The Morgan fingerprint density at radius 2 is 1.04 bits per heavy atom. The van der Waals surface area contributed by atoms with Gasteiger partial charge in [0.25, 0.3) is 0 Å². The molecule has 0 aliphatic rings. The summed E-state index contributed by atoms with van der Waals surface area (Å²) in [5.41, 5.74) is 2.86. The first-order chi connectivity index (χ1) is 13.7. The van der Waals surface area contributed by atoms with Crippen LogP contribution in [0.3, 0.4) is 0 Å². The maximum Gasteiger partial charge on any atom is 0.132 e. The number of rotatable bonds is 14. The summed E-state index contributed by atoms with van der Waals surface area (Å²) in [6.07, 6.45) is 10.6. The Bertz CT molecular complexity index is 589. The molecule has 0 saturated heterocycles. The van der Waals surface area contributed by atoms with Crippen LogP contribution >= 0.6 is 0 Å². The standard InChI is InChI=1S/C27H38O/c1-3-13-23(25-15-7-5-8-16-25)19-11-21-27(28)22-12-20-24(14-4-2)26-17-9-6-10-18-26/h5-10,15-18,23-24H,3-4,11-14,19-22H2,1-2H3. The molecule has 0 radical (unpaired) electrons. The minimum atomic E-state index is 0.451. The fourth-order valence-corrected chi connectivity index (χ4v) is 4.32. The van der Waals surface area contributed by atoms with Crippen molar-refractivity contribution in [3.8, 4) is 0 Å². The number of hydrogen-bond donors (Lipinski definition) is 0.